The number of aliphatic imine (C=N–C) groups is 1. The summed E-state index contributed by atoms with van der Waals surface area (Å²) >= 11 is 1.23. The van der Waals surface area contributed by atoms with Crippen molar-refractivity contribution in [1.29, 1.82) is 0 Å². The molecule has 3 unspecified atom stereocenters. The molecule has 0 saturated carbocycles. The first-order chi connectivity index (χ1) is 24.6. The van der Waals surface area contributed by atoms with Crippen LogP contribution < -0.4 is 5.63 Å². The fourth-order valence-corrected chi connectivity index (χ4v) is 6.91. The van der Waals surface area contributed by atoms with Crippen molar-refractivity contribution < 1.29 is 33.3 Å². The second-order valence-corrected chi connectivity index (χ2v) is 14.3. The number of hydrogen-bond donors (Lipinski definition) is 1. The fraction of sp³-hybridized carbons (Fsp3) is 0.475. The van der Waals surface area contributed by atoms with Crippen molar-refractivity contribution in [2.75, 3.05) is 13.2 Å². The van der Waals surface area contributed by atoms with E-state index in [2.05, 4.69) is 37.7 Å². The number of aliphatic hydroxyl groups excluding tert-OH is 1. The zero-order valence-corrected chi connectivity index (χ0v) is 31.0. The highest BCUT2D eigenvalue weighted by molar-refractivity contribution is 7.17. The summed E-state index contributed by atoms with van der Waals surface area (Å²) in [6.07, 6.45) is 8.14. The monoisotopic (exact) mass is 716 g/mol. The van der Waals surface area contributed by atoms with Crippen LogP contribution in [0.25, 0.3) is 21.7 Å². The lowest BCUT2D eigenvalue weighted by molar-refractivity contribution is -0.0314. The molecule has 0 amide bonds. The number of carbonyl (C=O) groups is 2. The van der Waals surface area contributed by atoms with Gasteiger partial charge in [0.05, 0.1) is 50.7 Å². The standard InChI is InChI=1S/C40H48N2O8S/c1-6-10-12-14-26(9-4)23-48-38(44)28-21-30-32(19-24(28)5)42-36(50-40(30)46)34-18-17-33(51-34)35-41-31-16-15-27(20-29(31)39(45)49-35)37(43)47-22-25(8-3)13-11-7-2/h15-21,25-26,40,46H,6-14,22-23H2,1-5H3. The van der Waals surface area contributed by atoms with E-state index >= 15 is 0 Å². The molecule has 0 saturated heterocycles. The number of thiophene rings is 1. The lowest BCUT2D eigenvalue weighted by atomic mass is 9.99. The molecule has 0 bridgehead atoms. The third-order valence-corrected chi connectivity index (χ3v) is 10.5. The highest BCUT2D eigenvalue weighted by Crippen LogP contribution is 2.37. The number of hydrogen-bond acceptors (Lipinski definition) is 11. The summed E-state index contributed by atoms with van der Waals surface area (Å²) in [6.45, 7) is 11.0. The minimum atomic E-state index is -1.36. The third kappa shape index (κ3) is 9.31. The number of benzene rings is 2. The summed E-state index contributed by atoms with van der Waals surface area (Å²) < 4.78 is 22.6. The van der Waals surface area contributed by atoms with E-state index < -0.39 is 23.9 Å². The summed E-state index contributed by atoms with van der Waals surface area (Å²) in [5.74, 6) is -0.0101. The van der Waals surface area contributed by atoms with Crippen LogP contribution in [0.1, 0.15) is 128 Å². The largest absolute Gasteiger partial charge is 0.462 e. The van der Waals surface area contributed by atoms with Crippen LogP contribution in [0, 0.1) is 18.8 Å². The molecule has 0 radical (unpaired) electrons. The topological polar surface area (TPSA) is 138 Å². The van der Waals surface area contributed by atoms with Crippen molar-refractivity contribution in [1.82, 2.24) is 4.98 Å². The molecular formula is C40H48N2O8S. The first-order valence-corrected chi connectivity index (χ1v) is 18.9. The molecule has 11 heteroatoms. The van der Waals surface area contributed by atoms with Crippen molar-refractivity contribution in [3.63, 3.8) is 0 Å². The van der Waals surface area contributed by atoms with E-state index in [9.17, 15) is 19.5 Å². The van der Waals surface area contributed by atoms with Gasteiger partial charge in [0.15, 0.2) is 0 Å². The number of nitrogens with zero attached hydrogens (tertiary/aromatic N) is 2. The summed E-state index contributed by atoms with van der Waals surface area (Å²) in [4.78, 5) is 49.2. The SMILES string of the molecule is CCCCCC(CC)COC(=O)c1cc2c(cc1C)N=C(c1ccc(-c3nc4ccc(C(=O)OCC(CC)CCCC)cc4c(=O)o3)s1)OC2O. The molecule has 51 heavy (non-hydrogen) atoms. The molecule has 3 heterocycles. The molecule has 1 aliphatic heterocycles. The second-order valence-electron chi connectivity index (χ2n) is 13.2. The van der Waals surface area contributed by atoms with E-state index in [0.29, 0.717) is 62.7 Å². The maximum atomic E-state index is 13.0. The van der Waals surface area contributed by atoms with Gasteiger partial charge in [-0.1, -0.05) is 72.6 Å². The molecule has 3 atom stereocenters. The summed E-state index contributed by atoms with van der Waals surface area (Å²) in [5.41, 5.74) is 1.91. The van der Waals surface area contributed by atoms with Crippen LogP contribution in [0.5, 0.6) is 0 Å². The Morgan fingerprint density at radius 2 is 1.57 bits per heavy atom. The molecule has 5 rings (SSSR count). The minimum Gasteiger partial charge on any atom is -0.462 e. The summed E-state index contributed by atoms with van der Waals surface area (Å²) in [5, 5.41) is 11.1. The first-order valence-electron chi connectivity index (χ1n) is 18.1. The van der Waals surface area contributed by atoms with Gasteiger partial charge in [0.1, 0.15) is 0 Å². The van der Waals surface area contributed by atoms with Gasteiger partial charge in [-0.3, -0.25) is 0 Å². The van der Waals surface area contributed by atoms with Crippen LogP contribution in [0.2, 0.25) is 0 Å². The predicted octanol–water partition coefficient (Wildman–Crippen LogP) is 9.46. The van der Waals surface area contributed by atoms with Crippen molar-refractivity contribution >= 4 is 45.8 Å². The second kappa shape index (κ2) is 17.7. The molecule has 0 aliphatic carbocycles. The van der Waals surface area contributed by atoms with Gasteiger partial charge in [0, 0.05) is 5.56 Å². The third-order valence-electron chi connectivity index (χ3n) is 9.43. The van der Waals surface area contributed by atoms with Gasteiger partial charge >= 0.3 is 17.6 Å². The Labute approximate surface area is 302 Å². The first kappa shape index (κ1) is 37.9. The van der Waals surface area contributed by atoms with Gasteiger partial charge in [-0.15, -0.1) is 11.3 Å². The lowest BCUT2D eigenvalue weighted by Gasteiger charge is -2.23. The van der Waals surface area contributed by atoms with Gasteiger partial charge in [-0.2, -0.15) is 0 Å². The Hall–Kier alpha value is -4.35. The molecule has 2 aromatic carbocycles. The Morgan fingerprint density at radius 3 is 2.27 bits per heavy atom. The summed E-state index contributed by atoms with van der Waals surface area (Å²) in [6, 6.07) is 11.5. The quantitative estimate of drug-likeness (QED) is 0.0836. The molecular weight excluding hydrogens is 669 g/mol. The van der Waals surface area contributed by atoms with Gasteiger partial charge in [-0.25, -0.2) is 24.4 Å². The smallest absolute Gasteiger partial charge is 0.347 e. The van der Waals surface area contributed by atoms with Crippen molar-refractivity contribution in [3.8, 4) is 10.8 Å². The van der Waals surface area contributed by atoms with E-state index in [1.165, 1.54) is 23.8 Å². The average Bonchev–Trinajstić information content (AvgIpc) is 3.63. The van der Waals surface area contributed by atoms with Crippen molar-refractivity contribution in [3.05, 3.63) is 80.0 Å². The molecule has 0 spiro atoms. The Balaban J connectivity index is 1.30. The van der Waals surface area contributed by atoms with Crippen LogP contribution in [0.15, 0.2) is 56.7 Å². The molecule has 0 fully saturated rings. The highest BCUT2D eigenvalue weighted by atomic mass is 32.1. The van der Waals surface area contributed by atoms with Gasteiger partial charge in [0.25, 0.3) is 0 Å². The maximum absolute atomic E-state index is 13.0. The van der Waals surface area contributed by atoms with Crippen LogP contribution in [0.4, 0.5) is 5.69 Å². The zero-order chi connectivity index (χ0) is 36.5. The van der Waals surface area contributed by atoms with Gasteiger partial charge in [-0.05, 0) is 79.6 Å². The Kier molecular flexibility index (Phi) is 13.2. The number of fused-ring (bicyclic) bond motifs is 2. The molecule has 272 valence electrons. The number of aryl methyl sites for hydroxylation is 1. The van der Waals surface area contributed by atoms with Crippen molar-refractivity contribution in [2.45, 2.75) is 98.7 Å². The van der Waals surface area contributed by atoms with E-state index in [4.69, 9.17) is 18.6 Å². The number of carbonyl (C=O) groups excluding carboxylic acids is 2. The lowest BCUT2D eigenvalue weighted by Crippen LogP contribution is -2.18. The van der Waals surface area contributed by atoms with E-state index in [-0.39, 0.29) is 22.7 Å². The number of aliphatic hydroxyl groups is 1. The highest BCUT2D eigenvalue weighted by Gasteiger charge is 2.27. The molecule has 2 aromatic heterocycles. The van der Waals surface area contributed by atoms with Crippen LogP contribution in [-0.4, -0.2) is 41.1 Å². The zero-order valence-electron chi connectivity index (χ0n) is 30.2. The normalized spacial score (nSPS) is 15.1. The maximum Gasteiger partial charge on any atom is 0.347 e. The van der Waals surface area contributed by atoms with E-state index in [0.717, 1.165) is 51.4 Å². The van der Waals surface area contributed by atoms with Crippen molar-refractivity contribution in [2.24, 2.45) is 16.8 Å². The number of unbranched alkanes of at least 4 members (excludes halogenated alkanes) is 3. The van der Waals surface area contributed by atoms with Crippen LogP contribution >= 0.6 is 11.3 Å². The van der Waals surface area contributed by atoms with Crippen LogP contribution in [-0.2, 0) is 14.2 Å². The molecule has 10 nitrogen and oxygen atoms in total. The average molecular weight is 717 g/mol. The fourth-order valence-electron chi connectivity index (χ4n) is 6.05. The van der Waals surface area contributed by atoms with Crippen LogP contribution in [0.3, 0.4) is 0 Å². The van der Waals surface area contributed by atoms with E-state index in [1.54, 1.807) is 36.4 Å². The summed E-state index contributed by atoms with van der Waals surface area (Å²) in [7, 11) is 0. The Morgan fingerprint density at radius 1 is 0.882 bits per heavy atom. The molecule has 1 aliphatic rings. The Bertz CT molecular complexity index is 1930. The van der Waals surface area contributed by atoms with Gasteiger partial charge in [0.2, 0.25) is 18.1 Å². The number of esters is 2. The molecule has 4 aromatic rings. The minimum absolute atomic E-state index is 0.104. The van der Waals surface area contributed by atoms with E-state index in [1.807, 2.05) is 6.92 Å². The number of rotatable bonds is 17. The molecule has 1 N–H and O–H groups in total. The van der Waals surface area contributed by atoms with Gasteiger partial charge < -0.3 is 23.7 Å². The number of ether oxygens (including phenoxy) is 3. The predicted molar refractivity (Wildman–Crippen MR) is 199 cm³/mol. The number of aromatic nitrogens is 1.